The first-order chi connectivity index (χ1) is 7.69. The second-order valence-electron chi connectivity index (χ2n) is 5.71. The van der Waals surface area contributed by atoms with E-state index in [1.165, 1.54) is 0 Å². The van der Waals surface area contributed by atoms with Gasteiger partial charge in [-0.2, -0.15) is 5.10 Å². The van der Waals surface area contributed by atoms with Gasteiger partial charge in [-0.05, 0) is 17.9 Å². The second kappa shape index (κ2) is 3.90. The molecule has 1 saturated heterocycles. The number of sulfone groups is 1. The molecule has 0 aliphatic carbocycles. The highest BCUT2D eigenvalue weighted by atomic mass is 32.3. The Morgan fingerprint density at radius 3 is 2.53 bits per heavy atom. The van der Waals surface area contributed by atoms with Crippen LogP contribution in [0.3, 0.4) is 0 Å². The fraction of sp³-hybridized carbons (Fsp3) is 0.727. The maximum Gasteiger partial charge on any atom is 0.122 e. The van der Waals surface area contributed by atoms with Crippen molar-refractivity contribution in [3.63, 3.8) is 0 Å². The number of nitrogen functional groups attached to an aromatic ring is 1. The third-order valence-electron chi connectivity index (χ3n) is 3.09. The molecular weight excluding hydrogens is 238 g/mol. The minimum atomic E-state index is -2.90. The molecule has 5 nitrogen and oxygen atoms in total. The van der Waals surface area contributed by atoms with Crippen molar-refractivity contribution in [3.05, 3.63) is 11.8 Å². The van der Waals surface area contributed by atoms with Crippen LogP contribution in [0.25, 0.3) is 0 Å². The van der Waals surface area contributed by atoms with Gasteiger partial charge in [0.15, 0.2) is 0 Å². The lowest BCUT2D eigenvalue weighted by Gasteiger charge is -2.56. The number of anilines is 1. The van der Waals surface area contributed by atoms with E-state index in [2.05, 4.69) is 25.9 Å². The van der Waals surface area contributed by atoms with E-state index in [4.69, 9.17) is 5.73 Å². The Bertz CT molecular complexity index is 423. The SMILES string of the molecule is CC(C)(C)c1cc(N)n(C2CCS([O-])([O-])C2)n1. The molecular formula is C11H19N3O2S-2. The van der Waals surface area contributed by atoms with Crippen LogP contribution in [-0.4, -0.2) is 30.4 Å². The first kappa shape index (κ1) is 12.7. The highest BCUT2D eigenvalue weighted by Gasteiger charge is 2.25. The summed E-state index contributed by atoms with van der Waals surface area (Å²) in [6.07, 6.45) is 0.609. The number of hydrogen-bond acceptors (Lipinski definition) is 4. The number of nitrogens with zero attached hydrogens (tertiary/aromatic N) is 2. The fourth-order valence-corrected chi connectivity index (χ4v) is 3.73. The molecule has 2 heterocycles. The summed E-state index contributed by atoms with van der Waals surface area (Å²) in [6.45, 7) is 6.18. The van der Waals surface area contributed by atoms with E-state index in [-0.39, 0.29) is 23.0 Å². The van der Waals surface area contributed by atoms with Crippen LogP contribution in [-0.2, 0) is 5.41 Å². The summed E-state index contributed by atoms with van der Waals surface area (Å²) >= 11 is 0. The van der Waals surface area contributed by atoms with E-state index in [1.807, 2.05) is 6.07 Å². The molecule has 1 aromatic heterocycles. The predicted molar refractivity (Wildman–Crippen MR) is 67.9 cm³/mol. The molecule has 1 aromatic rings. The molecule has 17 heavy (non-hydrogen) atoms. The van der Waals surface area contributed by atoms with E-state index in [0.29, 0.717) is 12.2 Å². The average molecular weight is 257 g/mol. The summed E-state index contributed by atoms with van der Waals surface area (Å²) < 4.78 is 24.6. The quantitative estimate of drug-likeness (QED) is 0.830. The Kier molecular flexibility index (Phi) is 2.92. The van der Waals surface area contributed by atoms with Crippen molar-refractivity contribution in [2.75, 3.05) is 17.2 Å². The van der Waals surface area contributed by atoms with Crippen LogP contribution >= 0.6 is 10.6 Å². The first-order valence-corrected chi connectivity index (χ1v) is 7.57. The van der Waals surface area contributed by atoms with E-state index < -0.39 is 10.6 Å². The predicted octanol–water partition coefficient (Wildman–Crippen LogP) is 1.77. The molecule has 1 unspecified atom stereocenters. The van der Waals surface area contributed by atoms with Crippen LogP contribution in [0.15, 0.2) is 6.07 Å². The first-order valence-electron chi connectivity index (χ1n) is 5.75. The van der Waals surface area contributed by atoms with Crippen LogP contribution in [0.1, 0.15) is 38.9 Å². The minimum Gasteiger partial charge on any atom is -0.800 e. The molecule has 98 valence electrons. The van der Waals surface area contributed by atoms with Gasteiger partial charge in [0.2, 0.25) is 0 Å². The summed E-state index contributed by atoms with van der Waals surface area (Å²) in [5.41, 5.74) is 6.74. The van der Waals surface area contributed by atoms with Crippen molar-refractivity contribution in [1.82, 2.24) is 9.78 Å². The summed E-state index contributed by atoms with van der Waals surface area (Å²) in [4.78, 5) is 0. The standard InChI is InChI=1S/C11H21N3O2S/c1-11(2,3)9-6-10(12)14(13-9)8-4-5-17(15,16)7-8/h6,8,15-16H,4-5,7,12H2,1-3H3/p-2. The summed E-state index contributed by atoms with van der Waals surface area (Å²) in [5.74, 6) is 0.946. The van der Waals surface area contributed by atoms with Crippen LogP contribution in [0.5, 0.6) is 0 Å². The van der Waals surface area contributed by atoms with Crippen LogP contribution < -0.4 is 5.73 Å². The molecule has 1 fully saturated rings. The molecule has 2 rings (SSSR count). The Labute approximate surface area is 103 Å². The second-order valence-corrected chi connectivity index (χ2v) is 7.93. The third kappa shape index (κ3) is 2.59. The van der Waals surface area contributed by atoms with Gasteiger partial charge in [0, 0.05) is 11.5 Å². The van der Waals surface area contributed by atoms with Crippen molar-refractivity contribution in [2.24, 2.45) is 0 Å². The van der Waals surface area contributed by atoms with Crippen molar-refractivity contribution < 1.29 is 9.11 Å². The van der Waals surface area contributed by atoms with E-state index >= 15 is 0 Å². The zero-order valence-corrected chi connectivity index (χ0v) is 11.3. The van der Waals surface area contributed by atoms with Gasteiger partial charge < -0.3 is 25.4 Å². The molecule has 6 heteroatoms. The number of nitrogens with two attached hydrogens (primary N) is 1. The van der Waals surface area contributed by atoms with Crippen LogP contribution in [0.2, 0.25) is 0 Å². The lowest BCUT2D eigenvalue weighted by molar-refractivity contribution is 0.444. The normalized spacial score (nSPS) is 26.1. The van der Waals surface area contributed by atoms with Gasteiger partial charge in [-0.3, -0.25) is 0 Å². The zero-order chi connectivity index (χ0) is 12.8. The molecule has 0 radical (unpaired) electrons. The van der Waals surface area contributed by atoms with Crippen LogP contribution in [0, 0.1) is 0 Å². The Morgan fingerprint density at radius 1 is 1.47 bits per heavy atom. The van der Waals surface area contributed by atoms with E-state index in [1.54, 1.807) is 4.68 Å². The lowest BCUT2D eigenvalue weighted by Crippen LogP contribution is -2.16. The smallest absolute Gasteiger partial charge is 0.122 e. The summed E-state index contributed by atoms with van der Waals surface area (Å²) in [5, 5.41) is 4.46. The van der Waals surface area contributed by atoms with Crippen molar-refractivity contribution >= 4 is 16.4 Å². The number of rotatable bonds is 1. The minimum absolute atomic E-state index is 0.0726. The molecule has 0 aromatic carbocycles. The molecule has 0 bridgehead atoms. The highest BCUT2D eigenvalue weighted by molar-refractivity contribution is 8.24. The van der Waals surface area contributed by atoms with Crippen molar-refractivity contribution in [3.8, 4) is 0 Å². The van der Waals surface area contributed by atoms with Crippen LogP contribution in [0.4, 0.5) is 5.82 Å². The highest BCUT2D eigenvalue weighted by Crippen LogP contribution is 2.49. The fourth-order valence-electron chi connectivity index (χ4n) is 2.04. The largest absolute Gasteiger partial charge is 0.800 e. The topological polar surface area (TPSA) is 90.0 Å². The van der Waals surface area contributed by atoms with Gasteiger partial charge in [0.1, 0.15) is 5.82 Å². The molecule has 1 atom stereocenters. The van der Waals surface area contributed by atoms with Gasteiger partial charge in [-0.25, -0.2) is 4.68 Å². The molecule has 1 aliphatic rings. The van der Waals surface area contributed by atoms with Gasteiger partial charge >= 0.3 is 0 Å². The third-order valence-corrected chi connectivity index (χ3v) is 4.84. The monoisotopic (exact) mass is 257 g/mol. The molecule has 0 saturated carbocycles. The number of aromatic nitrogens is 2. The van der Waals surface area contributed by atoms with Crippen molar-refractivity contribution in [1.29, 1.82) is 0 Å². The maximum absolute atomic E-state index is 11.4. The lowest BCUT2D eigenvalue weighted by atomic mass is 9.92. The van der Waals surface area contributed by atoms with E-state index in [9.17, 15) is 9.11 Å². The van der Waals surface area contributed by atoms with Gasteiger partial charge in [-0.15, -0.1) is 0 Å². The average Bonchev–Trinajstić information content (AvgIpc) is 2.68. The Hall–Kier alpha value is -0.720. The Morgan fingerprint density at radius 2 is 2.12 bits per heavy atom. The van der Waals surface area contributed by atoms with Gasteiger partial charge in [0.25, 0.3) is 0 Å². The maximum atomic E-state index is 11.4. The molecule has 2 N–H and O–H groups in total. The van der Waals surface area contributed by atoms with Gasteiger partial charge in [0.05, 0.1) is 11.7 Å². The van der Waals surface area contributed by atoms with Crippen molar-refractivity contribution in [2.45, 2.75) is 38.6 Å². The number of hydrogen-bond donors (Lipinski definition) is 1. The molecule has 0 spiro atoms. The van der Waals surface area contributed by atoms with E-state index in [0.717, 1.165) is 5.69 Å². The Balaban J connectivity index is 2.26. The zero-order valence-electron chi connectivity index (χ0n) is 10.5. The summed E-state index contributed by atoms with van der Waals surface area (Å²) in [7, 11) is -2.90. The molecule has 1 aliphatic heterocycles. The summed E-state index contributed by atoms with van der Waals surface area (Å²) in [6, 6.07) is 1.74. The molecule has 0 amide bonds. The van der Waals surface area contributed by atoms with Gasteiger partial charge in [-0.1, -0.05) is 20.8 Å².